The molecule has 24 heavy (non-hydrogen) atoms. The van der Waals surface area contributed by atoms with Crippen molar-refractivity contribution in [2.75, 3.05) is 13.6 Å². The number of hydrogen-bond donors (Lipinski definition) is 2. The first-order valence-electron chi connectivity index (χ1n) is 8.25. The second kappa shape index (κ2) is 6.93. The summed E-state index contributed by atoms with van der Waals surface area (Å²) in [6.07, 6.45) is 1.97. The standard InChI is InChI=1S/C19H24N4O/c1-4-22(2)13-15-7-5-6-14(10-15)12-20-19(24)17-11-18-16(21-17)8-9-23(18)3/h5-11,21H,4,12-13H2,1-3H3,(H,20,24). The summed E-state index contributed by atoms with van der Waals surface area (Å²) in [4.78, 5) is 17.8. The van der Waals surface area contributed by atoms with Crippen LogP contribution in [-0.2, 0) is 20.1 Å². The van der Waals surface area contributed by atoms with Crippen LogP contribution in [0.4, 0.5) is 0 Å². The lowest BCUT2D eigenvalue weighted by atomic mass is 10.1. The number of rotatable bonds is 6. The van der Waals surface area contributed by atoms with E-state index in [1.165, 1.54) is 5.56 Å². The molecule has 2 heterocycles. The Morgan fingerprint density at radius 1 is 1.25 bits per heavy atom. The first-order valence-corrected chi connectivity index (χ1v) is 8.25. The molecule has 5 nitrogen and oxygen atoms in total. The van der Waals surface area contributed by atoms with Gasteiger partial charge in [-0.1, -0.05) is 31.2 Å². The lowest BCUT2D eigenvalue weighted by Crippen LogP contribution is -2.23. The van der Waals surface area contributed by atoms with Crippen molar-refractivity contribution < 1.29 is 4.79 Å². The van der Waals surface area contributed by atoms with E-state index >= 15 is 0 Å². The molecule has 0 fully saturated rings. The maximum Gasteiger partial charge on any atom is 0.268 e. The van der Waals surface area contributed by atoms with Crippen LogP contribution in [0.1, 0.15) is 28.5 Å². The number of benzene rings is 1. The highest BCUT2D eigenvalue weighted by molar-refractivity contribution is 5.97. The van der Waals surface area contributed by atoms with Gasteiger partial charge < -0.3 is 19.8 Å². The van der Waals surface area contributed by atoms with Crippen LogP contribution < -0.4 is 5.32 Å². The molecule has 0 aliphatic rings. The van der Waals surface area contributed by atoms with Crippen LogP contribution >= 0.6 is 0 Å². The minimum absolute atomic E-state index is 0.0812. The molecule has 0 atom stereocenters. The van der Waals surface area contributed by atoms with Gasteiger partial charge in [0, 0.05) is 26.3 Å². The van der Waals surface area contributed by atoms with Crippen LogP contribution in [0, 0.1) is 0 Å². The molecule has 0 saturated carbocycles. The van der Waals surface area contributed by atoms with Gasteiger partial charge in [0.2, 0.25) is 0 Å². The van der Waals surface area contributed by atoms with E-state index in [0.717, 1.165) is 29.7 Å². The number of aromatic amines is 1. The Kier molecular flexibility index (Phi) is 4.71. The van der Waals surface area contributed by atoms with E-state index in [1.807, 2.05) is 42.1 Å². The van der Waals surface area contributed by atoms with Crippen LogP contribution in [-0.4, -0.2) is 34.0 Å². The first-order chi connectivity index (χ1) is 11.6. The highest BCUT2D eigenvalue weighted by Crippen LogP contribution is 2.15. The van der Waals surface area contributed by atoms with Crippen LogP contribution in [0.15, 0.2) is 42.6 Å². The van der Waals surface area contributed by atoms with Crippen molar-refractivity contribution in [2.24, 2.45) is 7.05 Å². The van der Waals surface area contributed by atoms with Crippen molar-refractivity contribution in [2.45, 2.75) is 20.0 Å². The monoisotopic (exact) mass is 324 g/mol. The molecule has 0 saturated heterocycles. The lowest BCUT2D eigenvalue weighted by molar-refractivity contribution is 0.0946. The third-order valence-electron chi connectivity index (χ3n) is 4.35. The van der Waals surface area contributed by atoms with Crippen molar-refractivity contribution in [3.63, 3.8) is 0 Å². The van der Waals surface area contributed by atoms with Gasteiger partial charge >= 0.3 is 0 Å². The number of H-pyrrole nitrogens is 1. The molecule has 1 amide bonds. The average molecular weight is 324 g/mol. The second-order valence-corrected chi connectivity index (χ2v) is 6.24. The Balaban J connectivity index is 1.64. The fourth-order valence-electron chi connectivity index (χ4n) is 2.81. The molecule has 0 aliphatic carbocycles. The molecule has 0 spiro atoms. The number of aromatic nitrogens is 2. The summed E-state index contributed by atoms with van der Waals surface area (Å²) < 4.78 is 2.00. The van der Waals surface area contributed by atoms with E-state index in [4.69, 9.17) is 0 Å². The summed E-state index contributed by atoms with van der Waals surface area (Å²) >= 11 is 0. The molecule has 5 heteroatoms. The van der Waals surface area contributed by atoms with Crippen molar-refractivity contribution in [1.82, 2.24) is 19.8 Å². The van der Waals surface area contributed by atoms with Crippen molar-refractivity contribution in [3.05, 3.63) is 59.4 Å². The smallest absolute Gasteiger partial charge is 0.268 e. The zero-order valence-electron chi connectivity index (χ0n) is 14.5. The number of carbonyl (C=O) groups is 1. The van der Waals surface area contributed by atoms with E-state index in [0.29, 0.717) is 12.2 Å². The number of nitrogens with one attached hydrogen (secondary N) is 2. The molecule has 0 aliphatic heterocycles. The van der Waals surface area contributed by atoms with E-state index in [2.05, 4.69) is 41.3 Å². The molecule has 0 unspecified atom stereocenters. The third kappa shape index (κ3) is 3.51. The van der Waals surface area contributed by atoms with Gasteiger partial charge in [-0.3, -0.25) is 4.79 Å². The van der Waals surface area contributed by atoms with E-state index in [-0.39, 0.29) is 5.91 Å². The number of amides is 1. The van der Waals surface area contributed by atoms with Crippen molar-refractivity contribution >= 4 is 16.9 Å². The van der Waals surface area contributed by atoms with E-state index < -0.39 is 0 Å². The van der Waals surface area contributed by atoms with Gasteiger partial charge in [-0.15, -0.1) is 0 Å². The number of aryl methyl sites for hydroxylation is 1. The van der Waals surface area contributed by atoms with Crippen LogP contribution in [0.5, 0.6) is 0 Å². The zero-order valence-corrected chi connectivity index (χ0v) is 14.5. The first kappa shape index (κ1) is 16.3. The van der Waals surface area contributed by atoms with Gasteiger partial charge in [0.1, 0.15) is 5.69 Å². The quantitative estimate of drug-likeness (QED) is 0.732. The van der Waals surface area contributed by atoms with Gasteiger partial charge in [-0.2, -0.15) is 0 Å². The topological polar surface area (TPSA) is 53.1 Å². The molecule has 126 valence electrons. The van der Waals surface area contributed by atoms with E-state index in [1.54, 1.807) is 0 Å². The number of carbonyl (C=O) groups excluding carboxylic acids is 1. The van der Waals surface area contributed by atoms with Gasteiger partial charge in [-0.25, -0.2) is 0 Å². The summed E-state index contributed by atoms with van der Waals surface area (Å²) in [6, 6.07) is 12.2. The Hall–Kier alpha value is -2.53. The molecule has 0 radical (unpaired) electrons. The van der Waals surface area contributed by atoms with Gasteiger partial charge in [-0.05, 0) is 36.9 Å². The van der Waals surface area contributed by atoms with E-state index in [9.17, 15) is 4.79 Å². The molecule has 2 N–H and O–H groups in total. The maximum atomic E-state index is 12.3. The minimum atomic E-state index is -0.0812. The highest BCUT2D eigenvalue weighted by atomic mass is 16.1. The summed E-state index contributed by atoms with van der Waals surface area (Å²) in [5, 5.41) is 2.99. The predicted molar refractivity (Wildman–Crippen MR) is 96.9 cm³/mol. The lowest BCUT2D eigenvalue weighted by Gasteiger charge is -2.14. The fourth-order valence-corrected chi connectivity index (χ4v) is 2.81. The molecule has 1 aromatic carbocycles. The van der Waals surface area contributed by atoms with Crippen LogP contribution in [0.25, 0.3) is 11.0 Å². The normalized spacial score (nSPS) is 11.3. The number of fused-ring (bicyclic) bond motifs is 1. The van der Waals surface area contributed by atoms with Gasteiger partial charge in [0.05, 0.1) is 11.0 Å². The van der Waals surface area contributed by atoms with Crippen LogP contribution in [0.2, 0.25) is 0 Å². The summed E-state index contributed by atoms with van der Waals surface area (Å²) in [6.45, 7) is 4.60. The summed E-state index contributed by atoms with van der Waals surface area (Å²) in [5.74, 6) is -0.0812. The minimum Gasteiger partial charge on any atom is -0.349 e. The van der Waals surface area contributed by atoms with Gasteiger partial charge in [0.15, 0.2) is 0 Å². The van der Waals surface area contributed by atoms with Crippen molar-refractivity contribution in [3.8, 4) is 0 Å². The maximum absolute atomic E-state index is 12.3. The fraction of sp³-hybridized carbons (Fsp3) is 0.316. The summed E-state index contributed by atoms with van der Waals surface area (Å²) in [5.41, 5.74) is 4.98. The molecule has 2 aromatic heterocycles. The second-order valence-electron chi connectivity index (χ2n) is 6.24. The van der Waals surface area contributed by atoms with Crippen LogP contribution in [0.3, 0.4) is 0 Å². The number of nitrogens with zero attached hydrogens (tertiary/aromatic N) is 2. The third-order valence-corrected chi connectivity index (χ3v) is 4.35. The molecular weight excluding hydrogens is 300 g/mol. The SMILES string of the molecule is CCN(C)Cc1cccc(CNC(=O)c2cc3c(ccn3C)[nH]2)c1. The Labute approximate surface area is 142 Å². The van der Waals surface area contributed by atoms with Gasteiger partial charge in [0.25, 0.3) is 5.91 Å². The molecular formula is C19H24N4O. The molecule has 3 rings (SSSR count). The largest absolute Gasteiger partial charge is 0.349 e. The highest BCUT2D eigenvalue weighted by Gasteiger charge is 2.11. The zero-order chi connectivity index (χ0) is 17.1. The van der Waals surface area contributed by atoms with Crippen molar-refractivity contribution in [1.29, 1.82) is 0 Å². The molecule has 3 aromatic rings. The average Bonchev–Trinajstić information content (AvgIpc) is 3.15. The summed E-state index contributed by atoms with van der Waals surface area (Å²) in [7, 11) is 4.07. The Bertz CT molecular complexity index is 846. The number of hydrogen-bond acceptors (Lipinski definition) is 2. The Morgan fingerprint density at radius 3 is 2.79 bits per heavy atom. The Morgan fingerprint density at radius 2 is 2.04 bits per heavy atom. The predicted octanol–water partition coefficient (Wildman–Crippen LogP) is 2.89. The molecule has 0 bridgehead atoms.